The molecule has 3 heteroatoms. The Labute approximate surface area is 92.9 Å². The summed E-state index contributed by atoms with van der Waals surface area (Å²) in [6.45, 7) is 10.7. The maximum atomic E-state index is 11.6. The zero-order valence-electron chi connectivity index (χ0n) is 10.4. The normalized spacial score (nSPS) is 13.4. The number of nitriles is 1. The zero-order chi connectivity index (χ0) is 12.1. The molecule has 0 aromatic heterocycles. The Morgan fingerprint density at radius 2 is 2.00 bits per heavy atom. The van der Waals surface area contributed by atoms with Gasteiger partial charge in [-0.25, -0.2) is 0 Å². The number of carbonyl (C=O) groups excluding carboxylic acids is 1. The minimum atomic E-state index is -0.530. The monoisotopic (exact) mass is 210 g/mol. The van der Waals surface area contributed by atoms with Crippen molar-refractivity contribution in [2.75, 3.05) is 6.54 Å². The molecule has 86 valence electrons. The Balaban J connectivity index is 4.21. The van der Waals surface area contributed by atoms with E-state index < -0.39 is 5.92 Å². The van der Waals surface area contributed by atoms with Crippen molar-refractivity contribution in [3.05, 3.63) is 0 Å². The first-order chi connectivity index (χ1) is 6.84. The second-order valence-electron chi connectivity index (χ2n) is 5.09. The highest BCUT2D eigenvalue weighted by molar-refractivity contribution is 5.81. The third kappa shape index (κ3) is 4.83. The molecule has 0 saturated heterocycles. The second kappa shape index (κ2) is 5.75. The summed E-state index contributed by atoms with van der Waals surface area (Å²) in [6, 6.07) is 2.04. The molecular weight excluding hydrogens is 188 g/mol. The summed E-state index contributed by atoms with van der Waals surface area (Å²) in [6.07, 6.45) is 1.01. The Morgan fingerprint density at radius 3 is 2.33 bits per heavy atom. The van der Waals surface area contributed by atoms with E-state index in [1.807, 2.05) is 19.9 Å². The van der Waals surface area contributed by atoms with Crippen molar-refractivity contribution in [1.29, 1.82) is 5.26 Å². The molecule has 0 aliphatic heterocycles. The number of amides is 1. The van der Waals surface area contributed by atoms with E-state index in [0.29, 0.717) is 6.54 Å². The Morgan fingerprint density at radius 1 is 1.47 bits per heavy atom. The lowest BCUT2D eigenvalue weighted by atomic mass is 9.89. The first-order valence-electron chi connectivity index (χ1n) is 5.51. The molecule has 15 heavy (non-hydrogen) atoms. The van der Waals surface area contributed by atoms with Crippen LogP contribution < -0.4 is 5.32 Å². The van der Waals surface area contributed by atoms with Crippen LogP contribution >= 0.6 is 0 Å². The van der Waals surface area contributed by atoms with Gasteiger partial charge in [0, 0.05) is 6.54 Å². The van der Waals surface area contributed by atoms with Gasteiger partial charge in [-0.05, 0) is 17.8 Å². The van der Waals surface area contributed by atoms with Gasteiger partial charge < -0.3 is 5.32 Å². The van der Waals surface area contributed by atoms with Crippen LogP contribution in [-0.4, -0.2) is 12.5 Å². The average Bonchev–Trinajstić information content (AvgIpc) is 2.15. The van der Waals surface area contributed by atoms with Crippen LogP contribution in [0.3, 0.4) is 0 Å². The summed E-state index contributed by atoms with van der Waals surface area (Å²) in [5.41, 5.74) is 0.104. The van der Waals surface area contributed by atoms with Gasteiger partial charge in [-0.15, -0.1) is 0 Å². The topological polar surface area (TPSA) is 52.9 Å². The summed E-state index contributed by atoms with van der Waals surface area (Å²) in [5.74, 6) is -0.605. The van der Waals surface area contributed by atoms with Crippen molar-refractivity contribution in [3.8, 4) is 6.07 Å². The molecule has 1 amide bonds. The quantitative estimate of drug-likeness (QED) is 0.757. The molecule has 0 rings (SSSR count). The number of hydrogen-bond donors (Lipinski definition) is 1. The predicted molar refractivity (Wildman–Crippen MR) is 61.0 cm³/mol. The summed E-state index contributed by atoms with van der Waals surface area (Å²) in [5, 5.41) is 11.7. The number of nitrogens with one attached hydrogen (secondary N) is 1. The van der Waals surface area contributed by atoms with Crippen molar-refractivity contribution in [1.82, 2.24) is 5.32 Å². The smallest absolute Gasteiger partial charge is 0.237 e. The molecule has 0 fully saturated rings. The lowest BCUT2D eigenvalue weighted by Crippen LogP contribution is -2.38. The van der Waals surface area contributed by atoms with Crippen LogP contribution in [-0.2, 0) is 4.79 Å². The summed E-state index contributed by atoms with van der Waals surface area (Å²) in [4.78, 5) is 11.6. The summed E-state index contributed by atoms with van der Waals surface area (Å²) >= 11 is 0. The Bertz CT molecular complexity index is 251. The minimum absolute atomic E-state index is 0.0692. The molecule has 1 unspecified atom stereocenters. The van der Waals surface area contributed by atoms with Crippen LogP contribution in [0.15, 0.2) is 0 Å². The lowest BCUT2D eigenvalue weighted by Gasteiger charge is -2.24. The van der Waals surface area contributed by atoms with Gasteiger partial charge in [0.1, 0.15) is 5.92 Å². The first kappa shape index (κ1) is 14.0. The van der Waals surface area contributed by atoms with Crippen molar-refractivity contribution in [2.24, 2.45) is 17.3 Å². The van der Waals surface area contributed by atoms with Crippen LogP contribution in [0.25, 0.3) is 0 Å². The lowest BCUT2D eigenvalue weighted by molar-refractivity contribution is -0.124. The van der Waals surface area contributed by atoms with Crippen LogP contribution in [0.5, 0.6) is 0 Å². The molecule has 0 aromatic carbocycles. The highest BCUT2D eigenvalue weighted by atomic mass is 16.1. The third-order valence-electron chi connectivity index (χ3n) is 2.79. The number of hydrogen-bond acceptors (Lipinski definition) is 2. The fourth-order valence-electron chi connectivity index (χ4n) is 1.07. The van der Waals surface area contributed by atoms with E-state index in [9.17, 15) is 4.79 Å². The van der Waals surface area contributed by atoms with Gasteiger partial charge in [-0.1, -0.05) is 34.6 Å². The molecule has 1 N–H and O–H groups in total. The second-order valence-corrected chi connectivity index (χ2v) is 5.09. The number of carbonyl (C=O) groups is 1. The molecular formula is C12H22N2O. The van der Waals surface area contributed by atoms with Gasteiger partial charge in [0.05, 0.1) is 6.07 Å². The maximum absolute atomic E-state index is 11.6. The molecule has 0 heterocycles. The number of nitrogens with zero attached hydrogens (tertiary/aromatic N) is 1. The van der Waals surface area contributed by atoms with Crippen LogP contribution in [0.4, 0.5) is 0 Å². The largest absolute Gasteiger partial charge is 0.354 e. The molecule has 0 bridgehead atoms. The zero-order valence-corrected chi connectivity index (χ0v) is 10.4. The molecule has 0 aliphatic carbocycles. The third-order valence-corrected chi connectivity index (χ3v) is 2.79. The molecule has 0 radical (unpaired) electrons. The average molecular weight is 210 g/mol. The van der Waals surface area contributed by atoms with Crippen LogP contribution in [0.2, 0.25) is 0 Å². The molecule has 3 nitrogen and oxygen atoms in total. The van der Waals surface area contributed by atoms with E-state index in [-0.39, 0.29) is 17.2 Å². The van der Waals surface area contributed by atoms with E-state index in [4.69, 9.17) is 5.26 Å². The summed E-state index contributed by atoms with van der Waals surface area (Å²) < 4.78 is 0. The maximum Gasteiger partial charge on any atom is 0.237 e. The van der Waals surface area contributed by atoms with E-state index in [2.05, 4.69) is 26.1 Å². The molecule has 0 aliphatic rings. The van der Waals surface area contributed by atoms with Gasteiger partial charge in [0.15, 0.2) is 0 Å². The number of rotatable bonds is 5. The highest BCUT2D eigenvalue weighted by Crippen LogP contribution is 2.18. The van der Waals surface area contributed by atoms with E-state index >= 15 is 0 Å². The van der Waals surface area contributed by atoms with E-state index in [1.54, 1.807) is 0 Å². The van der Waals surface area contributed by atoms with Gasteiger partial charge >= 0.3 is 0 Å². The van der Waals surface area contributed by atoms with Gasteiger partial charge in [-0.3, -0.25) is 4.79 Å². The van der Waals surface area contributed by atoms with Gasteiger partial charge in [0.25, 0.3) is 0 Å². The highest BCUT2D eigenvalue weighted by Gasteiger charge is 2.23. The van der Waals surface area contributed by atoms with E-state index in [1.165, 1.54) is 0 Å². The minimum Gasteiger partial charge on any atom is -0.354 e. The molecule has 0 saturated carbocycles. The van der Waals surface area contributed by atoms with Crippen LogP contribution in [0.1, 0.15) is 41.0 Å². The molecule has 0 aromatic rings. The van der Waals surface area contributed by atoms with Gasteiger partial charge in [-0.2, -0.15) is 5.26 Å². The van der Waals surface area contributed by atoms with Crippen molar-refractivity contribution in [2.45, 2.75) is 41.0 Å². The van der Waals surface area contributed by atoms with Crippen molar-refractivity contribution < 1.29 is 4.79 Å². The van der Waals surface area contributed by atoms with Crippen LogP contribution in [0, 0.1) is 28.6 Å². The van der Waals surface area contributed by atoms with Gasteiger partial charge in [0.2, 0.25) is 5.91 Å². The molecule has 1 atom stereocenters. The fourth-order valence-corrected chi connectivity index (χ4v) is 1.07. The SMILES string of the molecule is CCC(C)(C)CNC(=O)C(C#N)C(C)C. The fraction of sp³-hybridized carbons (Fsp3) is 0.833. The first-order valence-corrected chi connectivity index (χ1v) is 5.51. The Hall–Kier alpha value is -1.04. The van der Waals surface area contributed by atoms with E-state index in [0.717, 1.165) is 6.42 Å². The van der Waals surface area contributed by atoms with Crippen molar-refractivity contribution in [3.63, 3.8) is 0 Å². The standard InChI is InChI=1S/C12H22N2O/c1-6-12(4,5)8-14-11(15)10(7-13)9(2)3/h9-10H,6,8H2,1-5H3,(H,14,15). The Kier molecular flexibility index (Phi) is 5.35. The summed E-state index contributed by atoms with van der Waals surface area (Å²) in [7, 11) is 0. The molecule has 0 spiro atoms. The van der Waals surface area contributed by atoms with Crippen molar-refractivity contribution >= 4 is 5.91 Å². The predicted octanol–water partition coefficient (Wildman–Crippen LogP) is 2.33.